The largest absolute Gasteiger partial charge is 0.494 e. The molecule has 0 fully saturated rings. The molecule has 0 aliphatic carbocycles. The summed E-state index contributed by atoms with van der Waals surface area (Å²) in [5.41, 5.74) is 1.72. The van der Waals surface area contributed by atoms with Crippen LogP contribution in [0.2, 0.25) is 5.02 Å². The Morgan fingerprint density at radius 3 is 2.62 bits per heavy atom. The molecule has 0 aliphatic rings. The lowest BCUT2D eigenvalue weighted by molar-refractivity contribution is 0.340. The lowest BCUT2D eigenvalue weighted by Gasteiger charge is -2.12. The average Bonchev–Trinajstić information content (AvgIpc) is 3.07. The predicted molar refractivity (Wildman–Crippen MR) is 104 cm³/mol. The summed E-state index contributed by atoms with van der Waals surface area (Å²) in [6, 6.07) is 17.5. The molecule has 1 heterocycles. The maximum atomic E-state index is 8.79. The second-order valence-corrected chi connectivity index (χ2v) is 6.77. The number of thioether (sulfide) groups is 1. The van der Waals surface area contributed by atoms with Gasteiger partial charge in [0, 0.05) is 23.4 Å². The van der Waals surface area contributed by atoms with Crippen LogP contribution >= 0.6 is 23.4 Å². The van der Waals surface area contributed by atoms with E-state index >= 15 is 0 Å². The molecule has 5 nitrogen and oxygen atoms in total. The second kappa shape index (κ2) is 8.75. The van der Waals surface area contributed by atoms with Gasteiger partial charge in [0.2, 0.25) is 0 Å². The van der Waals surface area contributed by atoms with Crippen LogP contribution in [0.25, 0.3) is 17.1 Å². The van der Waals surface area contributed by atoms with Crippen molar-refractivity contribution in [1.29, 1.82) is 5.26 Å². The van der Waals surface area contributed by atoms with Gasteiger partial charge in [-0.15, -0.1) is 10.2 Å². The zero-order valence-electron chi connectivity index (χ0n) is 14.2. The van der Waals surface area contributed by atoms with Crippen LogP contribution < -0.4 is 4.74 Å². The molecule has 0 saturated heterocycles. The lowest BCUT2D eigenvalue weighted by Crippen LogP contribution is -2.01. The Kier molecular flexibility index (Phi) is 6.16. The van der Waals surface area contributed by atoms with E-state index in [-0.39, 0.29) is 0 Å². The van der Waals surface area contributed by atoms with Crippen molar-refractivity contribution < 1.29 is 4.74 Å². The number of hydrogen-bond acceptors (Lipinski definition) is 5. The molecule has 132 valence electrons. The molecule has 0 amide bonds. The smallest absolute Gasteiger partial charge is 0.196 e. The quantitative estimate of drug-likeness (QED) is 0.424. The first-order chi connectivity index (χ1) is 12.7. The fraction of sp³-hybridized carbons (Fsp3) is 0.211. The molecule has 0 saturated carbocycles. The Labute approximate surface area is 161 Å². The van der Waals surface area contributed by atoms with E-state index in [0.29, 0.717) is 29.6 Å². The van der Waals surface area contributed by atoms with Gasteiger partial charge in [0.05, 0.1) is 17.7 Å². The molecule has 3 aromatic rings. The van der Waals surface area contributed by atoms with Gasteiger partial charge in [0.25, 0.3) is 0 Å². The Morgan fingerprint density at radius 1 is 1.15 bits per heavy atom. The Hall–Kier alpha value is -2.49. The van der Waals surface area contributed by atoms with E-state index in [0.717, 1.165) is 22.2 Å². The van der Waals surface area contributed by atoms with Gasteiger partial charge in [0.15, 0.2) is 11.0 Å². The maximum Gasteiger partial charge on any atom is 0.196 e. The highest BCUT2D eigenvalue weighted by atomic mass is 35.5. The monoisotopic (exact) mass is 384 g/mol. The zero-order valence-corrected chi connectivity index (χ0v) is 15.8. The van der Waals surface area contributed by atoms with Gasteiger partial charge in [-0.05, 0) is 43.3 Å². The molecule has 1 aromatic heterocycles. The van der Waals surface area contributed by atoms with Crippen LogP contribution in [0.5, 0.6) is 5.75 Å². The molecule has 0 aliphatic heterocycles. The van der Waals surface area contributed by atoms with E-state index in [1.807, 2.05) is 60.0 Å². The molecule has 0 spiro atoms. The number of nitriles is 1. The molecule has 0 N–H and O–H groups in total. The number of hydrogen-bond donors (Lipinski definition) is 0. The summed E-state index contributed by atoms with van der Waals surface area (Å²) in [6.45, 7) is 2.57. The predicted octanol–water partition coefficient (Wildman–Crippen LogP) is 4.99. The number of ether oxygens (including phenoxy) is 1. The van der Waals surface area contributed by atoms with E-state index < -0.39 is 0 Å². The van der Waals surface area contributed by atoms with Crippen LogP contribution in [-0.2, 0) is 0 Å². The minimum Gasteiger partial charge on any atom is -0.494 e. The van der Waals surface area contributed by atoms with Crippen molar-refractivity contribution in [1.82, 2.24) is 14.8 Å². The topological polar surface area (TPSA) is 63.7 Å². The summed E-state index contributed by atoms with van der Waals surface area (Å²) >= 11 is 7.86. The van der Waals surface area contributed by atoms with Crippen LogP contribution in [0.15, 0.2) is 53.7 Å². The molecule has 3 rings (SSSR count). The SMILES string of the molecule is CCOc1ccc(-n2c(SCCC#N)nnc2-c2ccccc2Cl)cc1. The van der Waals surface area contributed by atoms with E-state index in [9.17, 15) is 0 Å². The van der Waals surface area contributed by atoms with Crippen molar-refractivity contribution in [3.05, 3.63) is 53.6 Å². The number of halogens is 1. The molecule has 0 radical (unpaired) electrons. The van der Waals surface area contributed by atoms with Crippen molar-refractivity contribution >= 4 is 23.4 Å². The summed E-state index contributed by atoms with van der Waals surface area (Å²) < 4.78 is 7.48. The standard InChI is InChI=1S/C19H17ClN4OS/c1-2-25-15-10-8-14(9-11-15)24-18(16-6-3-4-7-17(16)20)22-23-19(24)26-13-5-12-21/h3-4,6-11H,2,5,13H2,1H3. The van der Waals surface area contributed by atoms with Crippen molar-refractivity contribution in [2.45, 2.75) is 18.5 Å². The molecule has 0 unspecified atom stereocenters. The van der Waals surface area contributed by atoms with Gasteiger partial charge in [-0.3, -0.25) is 4.57 Å². The lowest BCUT2D eigenvalue weighted by atomic mass is 10.2. The number of rotatable bonds is 7. The van der Waals surface area contributed by atoms with Gasteiger partial charge in [-0.25, -0.2) is 0 Å². The van der Waals surface area contributed by atoms with Crippen LogP contribution in [0.1, 0.15) is 13.3 Å². The minimum absolute atomic E-state index is 0.447. The van der Waals surface area contributed by atoms with Crippen LogP contribution in [0.4, 0.5) is 0 Å². The third kappa shape index (κ3) is 4.01. The average molecular weight is 385 g/mol. The molecule has 2 aromatic carbocycles. The molecule has 7 heteroatoms. The Bertz CT molecular complexity index is 918. The Morgan fingerprint density at radius 2 is 1.92 bits per heavy atom. The summed E-state index contributed by atoms with van der Waals surface area (Å²) in [4.78, 5) is 0. The molecular weight excluding hydrogens is 368 g/mol. The first kappa shape index (κ1) is 18.3. The van der Waals surface area contributed by atoms with Crippen LogP contribution in [0, 0.1) is 11.3 Å². The van der Waals surface area contributed by atoms with Crippen molar-refractivity contribution in [3.63, 3.8) is 0 Å². The number of aromatic nitrogens is 3. The van der Waals surface area contributed by atoms with E-state index in [4.69, 9.17) is 21.6 Å². The number of benzene rings is 2. The molecule has 0 atom stereocenters. The van der Waals surface area contributed by atoms with Crippen LogP contribution in [0.3, 0.4) is 0 Å². The molecule has 26 heavy (non-hydrogen) atoms. The first-order valence-corrected chi connectivity index (χ1v) is 9.54. The summed E-state index contributed by atoms with van der Waals surface area (Å²) in [5.74, 6) is 2.12. The maximum absolute atomic E-state index is 8.79. The highest BCUT2D eigenvalue weighted by molar-refractivity contribution is 7.99. The third-order valence-corrected chi connectivity index (χ3v) is 4.86. The summed E-state index contributed by atoms with van der Waals surface area (Å²) in [7, 11) is 0. The fourth-order valence-electron chi connectivity index (χ4n) is 2.46. The minimum atomic E-state index is 0.447. The molecular formula is C19H17ClN4OS. The number of nitrogens with zero attached hydrogens (tertiary/aromatic N) is 4. The first-order valence-electron chi connectivity index (χ1n) is 8.18. The summed E-state index contributed by atoms with van der Waals surface area (Å²) in [6.07, 6.45) is 0.447. The van der Waals surface area contributed by atoms with Gasteiger partial charge < -0.3 is 4.74 Å². The third-order valence-electron chi connectivity index (χ3n) is 3.60. The fourth-order valence-corrected chi connectivity index (χ4v) is 3.47. The van der Waals surface area contributed by atoms with Gasteiger partial charge in [0.1, 0.15) is 5.75 Å². The highest BCUT2D eigenvalue weighted by Crippen LogP contribution is 2.32. The van der Waals surface area contributed by atoms with Crippen molar-refractivity contribution in [3.8, 4) is 28.9 Å². The molecule has 0 bridgehead atoms. The van der Waals surface area contributed by atoms with E-state index in [1.165, 1.54) is 11.8 Å². The van der Waals surface area contributed by atoms with Crippen molar-refractivity contribution in [2.75, 3.05) is 12.4 Å². The van der Waals surface area contributed by atoms with Crippen LogP contribution in [-0.4, -0.2) is 27.1 Å². The van der Waals surface area contributed by atoms with E-state index in [2.05, 4.69) is 16.3 Å². The van der Waals surface area contributed by atoms with Gasteiger partial charge in [-0.1, -0.05) is 35.5 Å². The van der Waals surface area contributed by atoms with Crippen molar-refractivity contribution in [2.24, 2.45) is 0 Å². The zero-order chi connectivity index (χ0) is 18.4. The normalized spacial score (nSPS) is 10.5. The van der Waals surface area contributed by atoms with Gasteiger partial charge in [-0.2, -0.15) is 5.26 Å². The Balaban J connectivity index is 2.06. The van der Waals surface area contributed by atoms with Gasteiger partial charge >= 0.3 is 0 Å². The second-order valence-electron chi connectivity index (χ2n) is 5.30. The summed E-state index contributed by atoms with van der Waals surface area (Å²) in [5, 5.41) is 18.8. The highest BCUT2D eigenvalue weighted by Gasteiger charge is 2.18. The van der Waals surface area contributed by atoms with E-state index in [1.54, 1.807) is 0 Å².